The topological polar surface area (TPSA) is 110 Å². The molecular weight excluding hydrogens is 393 g/mol. The molecule has 1 aliphatic heterocycles. The Bertz CT molecular complexity index is 1010. The lowest BCUT2D eigenvalue weighted by atomic mass is 9.90. The number of hydrogen-bond acceptors (Lipinski definition) is 5. The smallest absolute Gasteiger partial charge is 0.305 e. The number of fused-ring (bicyclic) bond motifs is 1. The Morgan fingerprint density at radius 3 is 2.67 bits per heavy atom. The number of nitrogens with one attached hydrogen (secondary N) is 1. The number of benzene rings is 1. The normalized spacial score (nSPS) is 19.3. The molecule has 1 aromatic heterocycles. The van der Waals surface area contributed by atoms with Crippen LogP contribution in [0.5, 0.6) is 0 Å². The Labute approximate surface area is 172 Å². The van der Waals surface area contributed by atoms with Crippen LogP contribution in [0.15, 0.2) is 29.4 Å². The van der Waals surface area contributed by atoms with Crippen molar-refractivity contribution in [3.63, 3.8) is 0 Å². The molecule has 2 N–H and O–H groups in total. The number of aliphatic carboxylic acids is 1. The van der Waals surface area contributed by atoms with Crippen LogP contribution in [0.4, 0.5) is 4.39 Å². The van der Waals surface area contributed by atoms with E-state index in [1.54, 1.807) is 6.92 Å². The van der Waals surface area contributed by atoms with Crippen LogP contribution in [0.3, 0.4) is 0 Å². The summed E-state index contributed by atoms with van der Waals surface area (Å²) in [7, 11) is 1.90. The number of rotatable bonds is 8. The standard InChI is InChI=1S/C21H24FN3O5/c1-4-21(20(29)23-14(9-18(27)28)17(26)11-22)10-15(24-30-21)19-12(2)13-7-5-6-8-16(13)25(19)3/h5-8,14H,4,9-11H2,1-3H3,(H,23,29)(H,27,28). The maximum Gasteiger partial charge on any atom is 0.305 e. The molecule has 2 unspecified atom stereocenters. The van der Waals surface area contributed by atoms with Crippen LogP contribution in [-0.2, 0) is 26.3 Å². The summed E-state index contributed by atoms with van der Waals surface area (Å²) in [5.74, 6) is -3.00. The number of aromatic nitrogens is 1. The highest BCUT2D eigenvalue weighted by atomic mass is 19.1. The van der Waals surface area contributed by atoms with Crippen LogP contribution in [0.1, 0.15) is 37.4 Å². The number of carboxylic acids is 1. The van der Waals surface area contributed by atoms with Crippen LogP contribution in [0.25, 0.3) is 10.9 Å². The van der Waals surface area contributed by atoms with Gasteiger partial charge in [0, 0.05) is 24.4 Å². The third-order valence-electron chi connectivity index (χ3n) is 5.61. The highest BCUT2D eigenvalue weighted by molar-refractivity contribution is 6.09. The number of carbonyl (C=O) groups is 3. The third-order valence-corrected chi connectivity index (χ3v) is 5.61. The van der Waals surface area contributed by atoms with E-state index in [4.69, 9.17) is 9.94 Å². The first kappa shape index (κ1) is 21.5. The lowest BCUT2D eigenvalue weighted by Gasteiger charge is -2.26. The Hall–Kier alpha value is -3.23. The van der Waals surface area contributed by atoms with Gasteiger partial charge in [-0.3, -0.25) is 14.4 Å². The Morgan fingerprint density at radius 2 is 2.07 bits per heavy atom. The second kappa shape index (κ2) is 8.25. The molecule has 0 saturated carbocycles. The van der Waals surface area contributed by atoms with Gasteiger partial charge < -0.3 is 19.8 Å². The molecule has 0 spiro atoms. The number of carboxylic acid groups (broad SMARTS) is 1. The van der Waals surface area contributed by atoms with E-state index in [1.165, 1.54) is 0 Å². The Balaban J connectivity index is 1.87. The summed E-state index contributed by atoms with van der Waals surface area (Å²) in [5, 5.41) is 16.5. The van der Waals surface area contributed by atoms with E-state index in [0.717, 1.165) is 22.2 Å². The number of alkyl halides is 1. The van der Waals surface area contributed by atoms with Crippen molar-refractivity contribution in [1.82, 2.24) is 9.88 Å². The first-order chi connectivity index (χ1) is 14.2. The van der Waals surface area contributed by atoms with Gasteiger partial charge in [-0.15, -0.1) is 0 Å². The SMILES string of the molecule is CCC1(C(=O)NC(CC(=O)O)C(=O)CF)CC(c2c(C)c3ccccc3n2C)=NO1. The van der Waals surface area contributed by atoms with E-state index in [1.807, 2.05) is 42.8 Å². The molecule has 1 amide bonds. The van der Waals surface area contributed by atoms with Gasteiger partial charge in [0.25, 0.3) is 5.91 Å². The van der Waals surface area contributed by atoms with Gasteiger partial charge >= 0.3 is 5.97 Å². The van der Waals surface area contributed by atoms with Gasteiger partial charge in [0.2, 0.25) is 5.60 Å². The van der Waals surface area contributed by atoms with Gasteiger partial charge in [-0.25, -0.2) is 4.39 Å². The van der Waals surface area contributed by atoms with Gasteiger partial charge in [-0.05, 0) is 25.0 Å². The average molecular weight is 417 g/mol. The fourth-order valence-corrected chi connectivity index (χ4v) is 3.87. The number of ketones is 1. The lowest BCUT2D eigenvalue weighted by Crippen LogP contribution is -2.53. The van der Waals surface area contributed by atoms with E-state index in [-0.39, 0.29) is 12.8 Å². The summed E-state index contributed by atoms with van der Waals surface area (Å²) in [5.41, 5.74) is 2.03. The highest BCUT2D eigenvalue weighted by Crippen LogP contribution is 2.34. The number of para-hydroxylation sites is 1. The zero-order valence-corrected chi connectivity index (χ0v) is 17.1. The molecule has 9 heteroatoms. The molecule has 2 atom stereocenters. The van der Waals surface area contributed by atoms with Gasteiger partial charge in [-0.1, -0.05) is 30.3 Å². The summed E-state index contributed by atoms with van der Waals surface area (Å²) in [6.07, 6.45) is -0.327. The second-order valence-corrected chi connectivity index (χ2v) is 7.43. The van der Waals surface area contributed by atoms with Crippen molar-refractivity contribution < 1.29 is 28.7 Å². The Morgan fingerprint density at radius 1 is 1.37 bits per heavy atom. The van der Waals surface area contributed by atoms with Crippen molar-refractivity contribution in [3.8, 4) is 0 Å². The molecule has 0 radical (unpaired) electrons. The minimum atomic E-state index is -1.46. The van der Waals surface area contributed by atoms with Crippen molar-refractivity contribution in [3.05, 3.63) is 35.5 Å². The molecule has 1 aromatic carbocycles. The van der Waals surface area contributed by atoms with Crippen LogP contribution in [0, 0.1) is 6.92 Å². The van der Waals surface area contributed by atoms with E-state index in [9.17, 15) is 18.8 Å². The second-order valence-electron chi connectivity index (χ2n) is 7.43. The minimum absolute atomic E-state index is 0.143. The molecule has 8 nitrogen and oxygen atoms in total. The fourth-order valence-electron chi connectivity index (χ4n) is 3.87. The fraction of sp³-hybridized carbons (Fsp3) is 0.429. The van der Waals surface area contributed by atoms with E-state index < -0.39 is 42.4 Å². The maximum atomic E-state index is 12.9. The first-order valence-electron chi connectivity index (χ1n) is 9.65. The number of oxime groups is 1. The number of nitrogens with zero attached hydrogens (tertiary/aromatic N) is 2. The summed E-state index contributed by atoms with van der Waals surface area (Å²) in [4.78, 5) is 41.2. The van der Waals surface area contributed by atoms with Crippen LogP contribution < -0.4 is 5.32 Å². The first-order valence-corrected chi connectivity index (χ1v) is 9.65. The summed E-state index contributed by atoms with van der Waals surface area (Å²) in [6, 6.07) is 6.41. The largest absolute Gasteiger partial charge is 0.481 e. The monoisotopic (exact) mass is 417 g/mol. The number of amides is 1. The molecule has 2 heterocycles. The van der Waals surface area contributed by atoms with Crippen molar-refractivity contribution in [1.29, 1.82) is 0 Å². The number of halogens is 1. The molecule has 3 rings (SSSR count). The zero-order chi connectivity index (χ0) is 22.1. The maximum absolute atomic E-state index is 12.9. The molecule has 2 aromatic rings. The predicted molar refractivity (Wildman–Crippen MR) is 108 cm³/mol. The lowest BCUT2D eigenvalue weighted by molar-refractivity contribution is -0.148. The highest BCUT2D eigenvalue weighted by Gasteiger charge is 2.47. The number of aryl methyl sites for hydroxylation is 2. The molecule has 0 fully saturated rings. The minimum Gasteiger partial charge on any atom is -0.481 e. The molecule has 0 saturated heterocycles. The van der Waals surface area contributed by atoms with Gasteiger partial charge in [0.1, 0.15) is 18.4 Å². The van der Waals surface area contributed by atoms with E-state index in [2.05, 4.69) is 10.5 Å². The van der Waals surface area contributed by atoms with E-state index >= 15 is 0 Å². The average Bonchev–Trinajstić information content (AvgIpc) is 3.27. The summed E-state index contributed by atoms with van der Waals surface area (Å²) >= 11 is 0. The Kier molecular flexibility index (Phi) is 5.91. The van der Waals surface area contributed by atoms with Crippen molar-refractivity contribution in [2.75, 3.05) is 6.67 Å². The summed E-state index contributed by atoms with van der Waals surface area (Å²) < 4.78 is 14.8. The van der Waals surface area contributed by atoms with Crippen molar-refractivity contribution in [2.45, 2.75) is 44.8 Å². The number of Topliss-reactive ketones (excluding diaryl/α,β-unsaturated/α-hetero) is 1. The van der Waals surface area contributed by atoms with Crippen LogP contribution in [0.2, 0.25) is 0 Å². The van der Waals surface area contributed by atoms with Gasteiger partial charge in [0.05, 0.1) is 12.1 Å². The zero-order valence-electron chi connectivity index (χ0n) is 17.1. The molecular formula is C21H24FN3O5. The molecule has 0 bridgehead atoms. The third kappa shape index (κ3) is 3.67. The van der Waals surface area contributed by atoms with Crippen molar-refractivity contribution in [2.24, 2.45) is 12.2 Å². The molecule has 0 aliphatic carbocycles. The number of carbonyl (C=O) groups excluding carboxylic acids is 2. The van der Waals surface area contributed by atoms with Gasteiger partial charge in [0.15, 0.2) is 5.78 Å². The van der Waals surface area contributed by atoms with Crippen LogP contribution >= 0.6 is 0 Å². The number of hydrogen-bond donors (Lipinski definition) is 2. The van der Waals surface area contributed by atoms with Crippen LogP contribution in [-0.4, -0.2) is 51.4 Å². The molecule has 160 valence electrons. The van der Waals surface area contributed by atoms with Crippen molar-refractivity contribution >= 4 is 34.3 Å². The predicted octanol–water partition coefficient (Wildman–Crippen LogP) is 2.26. The quantitative estimate of drug-likeness (QED) is 0.685. The van der Waals surface area contributed by atoms with Gasteiger partial charge in [-0.2, -0.15) is 0 Å². The van der Waals surface area contributed by atoms with E-state index in [0.29, 0.717) is 5.71 Å². The molecule has 30 heavy (non-hydrogen) atoms. The summed E-state index contributed by atoms with van der Waals surface area (Å²) in [6.45, 7) is 2.33. The molecule has 1 aliphatic rings.